The first kappa shape index (κ1) is 8.36. The zero-order valence-electron chi connectivity index (χ0n) is 5.76. The molecule has 0 fully saturated rings. The van der Waals surface area contributed by atoms with Crippen LogP contribution in [-0.4, -0.2) is 10.2 Å². The lowest BCUT2D eigenvalue weighted by Gasteiger charge is -1.62. The molecule has 0 aliphatic heterocycles. The number of hydrogen-bond donors (Lipinski definition) is 1. The SMILES string of the molecule is CC.Cc1n[nH]c(=O)s1. The van der Waals surface area contributed by atoms with E-state index in [1.165, 1.54) is 0 Å². The smallest absolute Gasteiger partial charge is 0.255 e. The topological polar surface area (TPSA) is 45.8 Å². The lowest BCUT2D eigenvalue weighted by atomic mass is 10.9. The number of nitrogens with zero attached hydrogens (tertiary/aromatic N) is 1. The molecule has 52 valence electrons. The first-order valence-corrected chi connectivity index (χ1v) is 3.63. The molecule has 4 heteroatoms. The highest BCUT2D eigenvalue weighted by Crippen LogP contribution is 1.88. The number of aromatic nitrogens is 2. The van der Waals surface area contributed by atoms with Gasteiger partial charge in [-0.05, 0) is 6.92 Å². The Morgan fingerprint density at radius 3 is 2.22 bits per heavy atom. The summed E-state index contributed by atoms with van der Waals surface area (Å²) in [4.78, 5) is 10.1. The molecule has 9 heavy (non-hydrogen) atoms. The Kier molecular flexibility index (Phi) is 3.96. The van der Waals surface area contributed by atoms with Gasteiger partial charge in [0.15, 0.2) is 0 Å². The van der Waals surface area contributed by atoms with Crippen molar-refractivity contribution in [3.8, 4) is 0 Å². The third-order valence-electron chi connectivity index (χ3n) is 0.545. The zero-order chi connectivity index (χ0) is 7.28. The Morgan fingerprint density at radius 1 is 1.56 bits per heavy atom. The molecule has 0 aliphatic rings. The molecule has 3 nitrogen and oxygen atoms in total. The van der Waals surface area contributed by atoms with E-state index in [9.17, 15) is 4.79 Å². The fourth-order valence-corrected chi connectivity index (χ4v) is 0.755. The molecule has 1 heterocycles. The normalized spacial score (nSPS) is 7.89. The van der Waals surface area contributed by atoms with E-state index >= 15 is 0 Å². The summed E-state index contributed by atoms with van der Waals surface area (Å²) in [5, 5.41) is 6.66. The third-order valence-corrected chi connectivity index (χ3v) is 1.21. The predicted octanol–water partition coefficient (Wildman–Crippen LogP) is 1.17. The van der Waals surface area contributed by atoms with Crippen molar-refractivity contribution in [1.82, 2.24) is 10.2 Å². The van der Waals surface area contributed by atoms with E-state index in [1.807, 2.05) is 13.8 Å². The van der Waals surface area contributed by atoms with Crippen LogP contribution >= 0.6 is 11.3 Å². The first-order chi connectivity index (χ1) is 4.29. The van der Waals surface area contributed by atoms with Gasteiger partial charge in [-0.15, -0.1) is 0 Å². The fraction of sp³-hybridized carbons (Fsp3) is 0.600. The van der Waals surface area contributed by atoms with Gasteiger partial charge in [-0.25, -0.2) is 5.10 Å². The molecule has 0 amide bonds. The Bertz CT molecular complexity index is 203. The number of H-pyrrole nitrogens is 1. The van der Waals surface area contributed by atoms with Crippen LogP contribution < -0.4 is 4.87 Å². The molecule has 0 spiro atoms. The van der Waals surface area contributed by atoms with Gasteiger partial charge < -0.3 is 0 Å². The van der Waals surface area contributed by atoms with E-state index in [-0.39, 0.29) is 4.87 Å². The van der Waals surface area contributed by atoms with Crippen molar-refractivity contribution in [2.24, 2.45) is 0 Å². The van der Waals surface area contributed by atoms with Crippen molar-refractivity contribution in [3.63, 3.8) is 0 Å². The van der Waals surface area contributed by atoms with Crippen LogP contribution in [0.3, 0.4) is 0 Å². The van der Waals surface area contributed by atoms with Crippen molar-refractivity contribution in [2.45, 2.75) is 20.8 Å². The summed E-state index contributed by atoms with van der Waals surface area (Å²) in [7, 11) is 0. The van der Waals surface area contributed by atoms with E-state index < -0.39 is 0 Å². The van der Waals surface area contributed by atoms with Crippen LogP contribution in [0.5, 0.6) is 0 Å². The number of nitrogens with one attached hydrogen (secondary N) is 1. The minimum absolute atomic E-state index is 0.0856. The molecule has 1 N–H and O–H groups in total. The van der Waals surface area contributed by atoms with Crippen molar-refractivity contribution in [2.75, 3.05) is 0 Å². The van der Waals surface area contributed by atoms with Crippen molar-refractivity contribution >= 4 is 11.3 Å². The molecule has 0 atom stereocenters. The largest absolute Gasteiger partial charge is 0.322 e. The van der Waals surface area contributed by atoms with Crippen molar-refractivity contribution in [3.05, 3.63) is 14.7 Å². The van der Waals surface area contributed by atoms with Gasteiger partial charge in [-0.1, -0.05) is 25.2 Å². The number of aromatic amines is 1. The maximum absolute atomic E-state index is 10.2. The summed E-state index contributed by atoms with van der Waals surface area (Å²) < 4.78 is 0. The van der Waals surface area contributed by atoms with Crippen LogP contribution in [-0.2, 0) is 0 Å². The maximum Gasteiger partial charge on any atom is 0.322 e. The zero-order valence-corrected chi connectivity index (χ0v) is 6.58. The number of aryl methyl sites for hydroxylation is 1. The Balaban J connectivity index is 0.000000291. The highest BCUT2D eigenvalue weighted by molar-refractivity contribution is 7.08. The summed E-state index contributed by atoms with van der Waals surface area (Å²) in [5.74, 6) is 0. The Morgan fingerprint density at radius 2 is 2.11 bits per heavy atom. The summed E-state index contributed by atoms with van der Waals surface area (Å²) in [5.41, 5.74) is 0. The van der Waals surface area contributed by atoms with Crippen molar-refractivity contribution < 1.29 is 0 Å². The maximum atomic E-state index is 10.2. The average molecular weight is 146 g/mol. The van der Waals surface area contributed by atoms with Crippen LogP contribution in [0.25, 0.3) is 0 Å². The van der Waals surface area contributed by atoms with Gasteiger partial charge in [0.1, 0.15) is 5.01 Å². The van der Waals surface area contributed by atoms with E-state index in [0.717, 1.165) is 16.3 Å². The second-order valence-electron chi connectivity index (χ2n) is 1.13. The van der Waals surface area contributed by atoms with Gasteiger partial charge in [-0.2, -0.15) is 5.10 Å². The van der Waals surface area contributed by atoms with Crippen LogP contribution in [0, 0.1) is 6.92 Å². The molecule has 0 aromatic carbocycles. The summed E-state index contributed by atoms with van der Waals surface area (Å²) in [6.45, 7) is 5.78. The minimum atomic E-state index is -0.0856. The monoisotopic (exact) mass is 146 g/mol. The first-order valence-electron chi connectivity index (χ1n) is 2.81. The molecular weight excluding hydrogens is 136 g/mol. The van der Waals surface area contributed by atoms with Gasteiger partial charge in [-0.3, -0.25) is 4.79 Å². The third kappa shape index (κ3) is 3.03. The molecular formula is C5H10N2OS. The van der Waals surface area contributed by atoms with Gasteiger partial charge in [0.05, 0.1) is 0 Å². The summed E-state index contributed by atoms with van der Waals surface area (Å²) in [6.07, 6.45) is 0. The number of rotatable bonds is 0. The molecule has 0 bridgehead atoms. The average Bonchev–Trinajstić information content (AvgIpc) is 2.20. The fourth-order valence-electron chi connectivity index (χ4n) is 0.304. The van der Waals surface area contributed by atoms with Gasteiger partial charge in [0.25, 0.3) is 0 Å². The Labute approximate surface area is 57.7 Å². The minimum Gasteiger partial charge on any atom is -0.255 e. The van der Waals surface area contributed by atoms with Crippen LogP contribution in [0.4, 0.5) is 0 Å². The lowest BCUT2D eigenvalue weighted by molar-refractivity contribution is 1.02. The van der Waals surface area contributed by atoms with E-state index in [2.05, 4.69) is 10.2 Å². The molecule has 0 aliphatic carbocycles. The molecule has 0 saturated heterocycles. The quantitative estimate of drug-likeness (QED) is 0.597. The second kappa shape index (κ2) is 4.26. The van der Waals surface area contributed by atoms with E-state index in [4.69, 9.17) is 0 Å². The van der Waals surface area contributed by atoms with Gasteiger partial charge in [0.2, 0.25) is 0 Å². The number of hydrogen-bond acceptors (Lipinski definition) is 3. The standard InChI is InChI=1S/C3H4N2OS.C2H6/c1-2-4-5-3(6)7-2;1-2/h1H3,(H,5,6);1-2H3. The second-order valence-corrected chi connectivity index (χ2v) is 2.30. The van der Waals surface area contributed by atoms with Crippen LogP contribution in [0.2, 0.25) is 0 Å². The van der Waals surface area contributed by atoms with Crippen LogP contribution in [0.15, 0.2) is 4.79 Å². The lowest BCUT2D eigenvalue weighted by Crippen LogP contribution is -1.90. The van der Waals surface area contributed by atoms with E-state index in [0.29, 0.717) is 0 Å². The molecule has 0 radical (unpaired) electrons. The Hall–Kier alpha value is -0.640. The molecule has 0 unspecified atom stereocenters. The van der Waals surface area contributed by atoms with Gasteiger partial charge >= 0.3 is 4.87 Å². The molecule has 1 aromatic heterocycles. The van der Waals surface area contributed by atoms with Gasteiger partial charge in [0, 0.05) is 0 Å². The van der Waals surface area contributed by atoms with Crippen molar-refractivity contribution in [1.29, 1.82) is 0 Å². The highest BCUT2D eigenvalue weighted by atomic mass is 32.1. The highest BCUT2D eigenvalue weighted by Gasteiger charge is 1.85. The van der Waals surface area contributed by atoms with E-state index in [1.54, 1.807) is 6.92 Å². The predicted molar refractivity (Wildman–Crippen MR) is 38.8 cm³/mol. The molecule has 0 saturated carbocycles. The molecule has 1 aromatic rings. The molecule has 1 rings (SSSR count). The summed E-state index contributed by atoms with van der Waals surface area (Å²) >= 11 is 1.12. The summed E-state index contributed by atoms with van der Waals surface area (Å²) in [6, 6.07) is 0. The van der Waals surface area contributed by atoms with Crippen LogP contribution in [0.1, 0.15) is 18.9 Å².